The summed E-state index contributed by atoms with van der Waals surface area (Å²) in [5.41, 5.74) is 3.46. The number of aryl methyl sites for hydroxylation is 2. The summed E-state index contributed by atoms with van der Waals surface area (Å²) in [6.45, 7) is 0. The highest BCUT2D eigenvalue weighted by Crippen LogP contribution is 2.23. The smallest absolute Gasteiger partial charge is 0.272 e. The number of hydrogen-bond acceptors (Lipinski definition) is 1. The summed E-state index contributed by atoms with van der Waals surface area (Å²) in [6, 6.07) is 2.02. The zero-order valence-electron chi connectivity index (χ0n) is 7.21. The van der Waals surface area contributed by atoms with E-state index in [9.17, 15) is 4.79 Å². The SMILES string of the molecule is O=c1[nH]ccn2c3c(cc12)CCC3. The molecule has 0 bridgehead atoms. The molecule has 0 fully saturated rings. The topological polar surface area (TPSA) is 37.3 Å². The molecule has 0 radical (unpaired) electrons. The van der Waals surface area contributed by atoms with E-state index in [0.717, 1.165) is 18.4 Å². The van der Waals surface area contributed by atoms with Gasteiger partial charge in [0.05, 0.1) is 0 Å². The molecule has 13 heavy (non-hydrogen) atoms. The van der Waals surface area contributed by atoms with Gasteiger partial charge >= 0.3 is 0 Å². The molecule has 1 aliphatic rings. The molecular weight excluding hydrogens is 164 g/mol. The average Bonchev–Trinajstić information content (AvgIpc) is 2.65. The summed E-state index contributed by atoms with van der Waals surface area (Å²) in [5.74, 6) is 0. The Morgan fingerprint density at radius 2 is 2.31 bits per heavy atom. The highest BCUT2D eigenvalue weighted by molar-refractivity contribution is 5.52. The summed E-state index contributed by atoms with van der Waals surface area (Å²) < 4.78 is 2.02. The number of H-pyrrole nitrogens is 1. The zero-order chi connectivity index (χ0) is 8.84. The largest absolute Gasteiger partial charge is 0.326 e. The fraction of sp³-hybridized carbons (Fsp3) is 0.300. The maximum atomic E-state index is 11.4. The molecule has 2 aromatic rings. The van der Waals surface area contributed by atoms with Crippen LogP contribution in [-0.2, 0) is 12.8 Å². The number of fused-ring (bicyclic) bond motifs is 3. The molecule has 1 aliphatic carbocycles. The third kappa shape index (κ3) is 0.813. The van der Waals surface area contributed by atoms with Crippen molar-refractivity contribution in [1.82, 2.24) is 9.38 Å². The van der Waals surface area contributed by atoms with Crippen LogP contribution in [0, 0.1) is 0 Å². The Hall–Kier alpha value is -1.51. The molecule has 0 saturated heterocycles. The van der Waals surface area contributed by atoms with Crippen LogP contribution >= 0.6 is 0 Å². The first kappa shape index (κ1) is 6.95. The van der Waals surface area contributed by atoms with Crippen molar-refractivity contribution in [2.24, 2.45) is 0 Å². The molecule has 2 aromatic heterocycles. The predicted molar refractivity (Wildman–Crippen MR) is 50.0 cm³/mol. The van der Waals surface area contributed by atoms with Crippen LogP contribution in [0.2, 0.25) is 0 Å². The number of hydrogen-bond donors (Lipinski definition) is 1. The van der Waals surface area contributed by atoms with Crippen LogP contribution in [0.15, 0.2) is 23.3 Å². The molecule has 2 heterocycles. The third-order valence-corrected chi connectivity index (χ3v) is 2.76. The van der Waals surface area contributed by atoms with E-state index >= 15 is 0 Å². The van der Waals surface area contributed by atoms with E-state index in [1.807, 2.05) is 16.7 Å². The van der Waals surface area contributed by atoms with E-state index in [1.165, 1.54) is 17.7 Å². The van der Waals surface area contributed by atoms with Crippen LogP contribution in [0.3, 0.4) is 0 Å². The van der Waals surface area contributed by atoms with Gasteiger partial charge in [-0.15, -0.1) is 0 Å². The van der Waals surface area contributed by atoms with Gasteiger partial charge in [0.25, 0.3) is 5.56 Å². The van der Waals surface area contributed by atoms with Crippen molar-refractivity contribution in [1.29, 1.82) is 0 Å². The minimum Gasteiger partial charge on any atom is -0.326 e. The molecule has 0 saturated carbocycles. The normalized spacial score (nSPS) is 15.1. The second-order valence-corrected chi connectivity index (χ2v) is 3.51. The molecule has 3 heteroatoms. The van der Waals surface area contributed by atoms with Gasteiger partial charge in [-0.05, 0) is 30.9 Å². The minimum absolute atomic E-state index is 0.0110. The van der Waals surface area contributed by atoms with Crippen molar-refractivity contribution >= 4 is 5.52 Å². The number of aromatic nitrogens is 2. The van der Waals surface area contributed by atoms with Gasteiger partial charge < -0.3 is 9.38 Å². The second kappa shape index (κ2) is 2.25. The first-order valence-corrected chi connectivity index (χ1v) is 4.57. The standard InChI is InChI=1S/C10H10N2O/c13-10-9-6-7-2-1-3-8(7)12(9)5-4-11-10/h4-6H,1-3H2,(H,11,13). The third-order valence-electron chi connectivity index (χ3n) is 2.76. The quantitative estimate of drug-likeness (QED) is 0.638. The first-order valence-electron chi connectivity index (χ1n) is 4.57. The number of nitrogens with zero attached hydrogens (tertiary/aromatic N) is 1. The Bertz CT molecular complexity index is 521. The predicted octanol–water partition coefficient (Wildman–Crippen LogP) is 1.12. The summed E-state index contributed by atoms with van der Waals surface area (Å²) in [6.07, 6.45) is 7.08. The van der Waals surface area contributed by atoms with Gasteiger partial charge in [0.2, 0.25) is 0 Å². The minimum atomic E-state index is 0.0110. The van der Waals surface area contributed by atoms with Crippen molar-refractivity contribution in [3.05, 3.63) is 40.1 Å². The van der Waals surface area contributed by atoms with E-state index in [4.69, 9.17) is 0 Å². The summed E-state index contributed by atoms with van der Waals surface area (Å²) in [5, 5.41) is 0. The van der Waals surface area contributed by atoms with Crippen LogP contribution in [0.4, 0.5) is 0 Å². The molecule has 66 valence electrons. The fourth-order valence-corrected chi connectivity index (χ4v) is 2.17. The van der Waals surface area contributed by atoms with E-state index in [0.29, 0.717) is 0 Å². The van der Waals surface area contributed by atoms with Crippen LogP contribution < -0.4 is 5.56 Å². The first-order chi connectivity index (χ1) is 6.36. The fourth-order valence-electron chi connectivity index (χ4n) is 2.17. The zero-order valence-corrected chi connectivity index (χ0v) is 7.21. The molecule has 3 rings (SSSR count). The van der Waals surface area contributed by atoms with Crippen LogP contribution in [0.25, 0.3) is 5.52 Å². The van der Waals surface area contributed by atoms with Crippen LogP contribution in [0.1, 0.15) is 17.7 Å². The van der Waals surface area contributed by atoms with Gasteiger partial charge in [-0.1, -0.05) is 0 Å². The highest BCUT2D eigenvalue weighted by atomic mass is 16.1. The summed E-state index contributed by atoms with van der Waals surface area (Å²) >= 11 is 0. The van der Waals surface area contributed by atoms with Gasteiger partial charge in [0, 0.05) is 18.1 Å². The monoisotopic (exact) mass is 174 g/mol. The number of aromatic amines is 1. The Morgan fingerprint density at radius 3 is 3.23 bits per heavy atom. The lowest BCUT2D eigenvalue weighted by Crippen LogP contribution is -2.08. The molecule has 0 aromatic carbocycles. The van der Waals surface area contributed by atoms with E-state index in [1.54, 1.807) is 6.20 Å². The Balaban J connectivity index is 2.51. The highest BCUT2D eigenvalue weighted by Gasteiger charge is 2.16. The Kier molecular flexibility index (Phi) is 1.20. The summed E-state index contributed by atoms with van der Waals surface area (Å²) in [7, 11) is 0. The molecule has 0 atom stereocenters. The van der Waals surface area contributed by atoms with E-state index in [2.05, 4.69) is 4.98 Å². The van der Waals surface area contributed by atoms with Gasteiger partial charge in [-0.3, -0.25) is 4.79 Å². The van der Waals surface area contributed by atoms with Gasteiger partial charge in [0.15, 0.2) is 0 Å². The van der Waals surface area contributed by atoms with Crippen molar-refractivity contribution in [2.45, 2.75) is 19.3 Å². The van der Waals surface area contributed by atoms with Crippen molar-refractivity contribution in [2.75, 3.05) is 0 Å². The Labute approximate surface area is 75.0 Å². The maximum Gasteiger partial charge on any atom is 0.272 e. The van der Waals surface area contributed by atoms with Crippen LogP contribution in [0.5, 0.6) is 0 Å². The molecule has 0 spiro atoms. The van der Waals surface area contributed by atoms with Gasteiger partial charge in [-0.25, -0.2) is 0 Å². The lowest BCUT2D eigenvalue weighted by atomic mass is 10.3. The average molecular weight is 174 g/mol. The summed E-state index contributed by atoms with van der Waals surface area (Å²) in [4.78, 5) is 14.1. The number of rotatable bonds is 0. The second-order valence-electron chi connectivity index (χ2n) is 3.51. The van der Waals surface area contributed by atoms with Crippen molar-refractivity contribution < 1.29 is 0 Å². The van der Waals surface area contributed by atoms with Crippen molar-refractivity contribution in [3.63, 3.8) is 0 Å². The lowest BCUT2D eigenvalue weighted by Gasteiger charge is -1.96. The van der Waals surface area contributed by atoms with E-state index in [-0.39, 0.29) is 5.56 Å². The van der Waals surface area contributed by atoms with Gasteiger partial charge in [-0.2, -0.15) is 0 Å². The van der Waals surface area contributed by atoms with Crippen molar-refractivity contribution in [3.8, 4) is 0 Å². The maximum absolute atomic E-state index is 11.4. The molecule has 0 amide bonds. The number of nitrogens with one attached hydrogen (secondary N) is 1. The molecule has 0 aliphatic heterocycles. The van der Waals surface area contributed by atoms with Crippen LogP contribution in [-0.4, -0.2) is 9.38 Å². The molecule has 3 nitrogen and oxygen atoms in total. The Morgan fingerprint density at radius 1 is 1.38 bits per heavy atom. The van der Waals surface area contributed by atoms with E-state index < -0.39 is 0 Å². The lowest BCUT2D eigenvalue weighted by molar-refractivity contribution is 0.877. The van der Waals surface area contributed by atoms with Gasteiger partial charge in [0.1, 0.15) is 5.52 Å². The molecule has 1 N–H and O–H groups in total. The molecule has 0 unspecified atom stereocenters. The molecular formula is C10H10N2O.